The number of carbonyl (C=O) groups excluding carboxylic acids is 1. The van der Waals surface area contributed by atoms with Crippen molar-refractivity contribution in [1.82, 2.24) is 9.61 Å². The third-order valence-corrected chi connectivity index (χ3v) is 5.12. The van der Waals surface area contributed by atoms with Crippen LogP contribution < -0.4 is 11.1 Å². The normalized spacial score (nSPS) is 19.8. The summed E-state index contributed by atoms with van der Waals surface area (Å²) in [6.45, 7) is 2.05. The van der Waals surface area contributed by atoms with Crippen LogP contribution in [0.4, 0.5) is 10.1 Å². The van der Waals surface area contributed by atoms with Crippen LogP contribution in [-0.4, -0.2) is 27.7 Å². The van der Waals surface area contributed by atoms with Crippen LogP contribution in [0.5, 0.6) is 0 Å². The first-order chi connectivity index (χ1) is 12.5. The largest absolute Gasteiger partial charge is 0.377 e. The molecular weight excluding hydrogens is 331 g/mol. The average Bonchev–Trinajstić information content (AvgIpc) is 3.22. The van der Waals surface area contributed by atoms with E-state index in [0.29, 0.717) is 12.1 Å². The van der Waals surface area contributed by atoms with E-state index in [2.05, 4.69) is 10.4 Å². The number of primary amides is 1. The van der Waals surface area contributed by atoms with E-state index in [1.807, 2.05) is 43.5 Å². The lowest BCUT2D eigenvalue weighted by molar-refractivity contribution is 0.100. The highest BCUT2D eigenvalue weighted by molar-refractivity contribution is 6.02. The lowest BCUT2D eigenvalue weighted by atomic mass is 10.0. The molecule has 134 valence electrons. The number of carbonyl (C=O) groups is 1. The molecule has 0 saturated heterocycles. The van der Waals surface area contributed by atoms with Crippen molar-refractivity contribution in [3.63, 3.8) is 0 Å². The quantitative estimate of drug-likeness (QED) is 0.752. The number of aryl methyl sites for hydroxylation is 1. The third-order valence-electron chi connectivity index (χ3n) is 5.12. The number of benzene rings is 1. The van der Waals surface area contributed by atoms with E-state index in [-0.39, 0.29) is 11.6 Å². The van der Waals surface area contributed by atoms with E-state index < -0.39 is 12.1 Å². The Bertz CT molecular complexity index is 981. The molecule has 26 heavy (non-hydrogen) atoms. The van der Waals surface area contributed by atoms with Gasteiger partial charge in [0.2, 0.25) is 0 Å². The van der Waals surface area contributed by atoms with Crippen molar-refractivity contribution < 1.29 is 9.18 Å². The molecule has 2 heterocycles. The van der Waals surface area contributed by atoms with Crippen molar-refractivity contribution in [1.29, 1.82) is 0 Å². The molecule has 0 bridgehead atoms. The number of hydrogen-bond acceptors (Lipinski definition) is 3. The number of nitrogens with one attached hydrogen (secondary N) is 1. The van der Waals surface area contributed by atoms with Crippen molar-refractivity contribution in [3.05, 3.63) is 53.9 Å². The van der Waals surface area contributed by atoms with Crippen molar-refractivity contribution in [2.75, 3.05) is 5.32 Å². The molecular formula is C20H21FN4O. The molecule has 0 unspecified atom stereocenters. The monoisotopic (exact) mass is 352 g/mol. The molecule has 1 aromatic carbocycles. The van der Waals surface area contributed by atoms with Gasteiger partial charge in [0.25, 0.3) is 5.91 Å². The van der Waals surface area contributed by atoms with Crippen molar-refractivity contribution >= 4 is 17.1 Å². The van der Waals surface area contributed by atoms with Crippen molar-refractivity contribution in [3.8, 4) is 11.1 Å². The van der Waals surface area contributed by atoms with Crippen LogP contribution in [-0.2, 0) is 0 Å². The van der Waals surface area contributed by atoms with Crippen LogP contribution in [0.25, 0.3) is 16.6 Å². The number of nitrogens with zero attached hydrogens (tertiary/aromatic N) is 2. The number of anilines is 1. The summed E-state index contributed by atoms with van der Waals surface area (Å²) in [4.78, 5) is 11.9. The zero-order valence-electron chi connectivity index (χ0n) is 14.6. The minimum absolute atomic E-state index is 0.283. The summed E-state index contributed by atoms with van der Waals surface area (Å²) in [5, 5.41) is 7.54. The summed E-state index contributed by atoms with van der Waals surface area (Å²) in [6, 6.07) is 9.72. The molecule has 2 aromatic heterocycles. The van der Waals surface area contributed by atoms with E-state index in [1.165, 1.54) is 6.20 Å². The Kier molecular flexibility index (Phi) is 4.11. The topological polar surface area (TPSA) is 72.4 Å². The Morgan fingerprint density at radius 2 is 2.15 bits per heavy atom. The molecule has 1 amide bonds. The zero-order valence-corrected chi connectivity index (χ0v) is 14.6. The first kappa shape index (κ1) is 16.6. The van der Waals surface area contributed by atoms with E-state index in [9.17, 15) is 9.18 Å². The minimum Gasteiger partial charge on any atom is -0.377 e. The maximum atomic E-state index is 14.1. The molecule has 0 spiro atoms. The fraction of sp³-hybridized carbons (Fsp3) is 0.300. The molecule has 1 saturated carbocycles. The second kappa shape index (κ2) is 6.44. The Labute approximate surface area is 151 Å². The standard InChI is InChI=1S/C20H21FN4O/c1-12-5-2-3-6-14(12)13-9-18-19(24-17-8-4-7-16(17)21)15(20(22)26)10-23-25(18)11-13/h2-3,5-6,9-11,16-17,24H,4,7-8H2,1H3,(H2,22,26)/t16-,17+/m0/s1. The molecule has 3 N–H and O–H groups in total. The molecule has 3 aromatic rings. The molecule has 6 heteroatoms. The molecule has 2 atom stereocenters. The Balaban J connectivity index is 1.85. The van der Waals surface area contributed by atoms with Crippen LogP contribution in [0.2, 0.25) is 0 Å². The predicted molar refractivity (Wildman–Crippen MR) is 100 cm³/mol. The van der Waals surface area contributed by atoms with E-state index in [1.54, 1.807) is 4.52 Å². The molecule has 0 aliphatic heterocycles. The number of halogens is 1. The number of aromatic nitrogens is 2. The second-order valence-corrected chi connectivity index (χ2v) is 6.87. The summed E-state index contributed by atoms with van der Waals surface area (Å²) in [7, 11) is 0. The Hall–Kier alpha value is -2.89. The highest BCUT2D eigenvalue weighted by Gasteiger charge is 2.29. The molecule has 1 aliphatic rings. The van der Waals surface area contributed by atoms with Crippen LogP contribution in [0.1, 0.15) is 35.2 Å². The van der Waals surface area contributed by atoms with Gasteiger partial charge in [-0.05, 0) is 43.4 Å². The van der Waals surface area contributed by atoms with Gasteiger partial charge in [-0.1, -0.05) is 24.3 Å². The first-order valence-electron chi connectivity index (χ1n) is 8.82. The summed E-state index contributed by atoms with van der Waals surface area (Å²) in [5.41, 5.74) is 10.3. The van der Waals surface area contributed by atoms with E-state index >= 15 is 0 Å². The molecule has 0 radical (unpaired) electrons. The average molecular weight is 352 g/mol. The fourth-order valence-electron chi connectivity index (χ4n) is 3.70. The second-order valence-electron chi connectivity index (χ2n) is 6.87. The van der Waals surface area contributed by atoms with Gasteiger partial charge in [0.15, 0.2) is 0 Å². The van der Waals surface area contributed by atoms with Crippen molar-refractivity contribution in [2.45, 2.75) is 38.4 Å². The highest BCUT2D eigenvalue weighted by atomic mass is 19.1. The summed E-state index contributed by atoms with van der Waals surface area (Å²) in [5.74, 6) is -0.574. The zero-order chi connectivity index (χ0) is 18.3. The molecule has 1 aliphatic carbocycles. The van der Waals surface area contributed by atoms with Crippen LogP contribution in [0.15, 0.2) is 42.7 Å². The van der Waals surface area contributed by atoms with Gasteiger partial charge < -0.3 is 11.1 Å². The number of rotatable bonds is 4. The van der Waals surface area contributed by atoms with Gasteiger partial charge in [-0.3, -0.25) is 4.79 Å². The molecule has 5 nitrogen and oxygen atoms in total. The Morgan fingerprint density at radius 1 is 1.35 bits per heavy atom. The molecule has 1 fully saturated rings. The van der Waals surface area contributed by atoms with Gasteiger partial charge in [0.05, 0.1) is 29.0 Å². The van der Waals surface area contributed by atoms with Crippen LogP contribution in [0, 0.1) is 6.92 Å². The van der Waals surface area contributed by atoms with Gasteiger partial charge >= 0.3 is 0 Å². The lowest BCUT2D eigenvalue weighted by Gasteiger charge is -2.19. The van der Waals surface area contributed by atoms with Gasteiger partial charge in [0, 0.05) is 11.8 Å². The number of alkyl halides is 1. The van der Waals surface area contributed by atoms with Gasteiger partial charge in [0.1, 0.15) is 6.17 Å². The van der Waals surface area contributed by atoms with Crippen LogP contribution >= 0.6 is 0 Å². The fourth-order valence-corrected chi connectivity index (χ4v) is 3.70. The van der Waals surface area contributed by atoms with Crippen LogP contribution in [0.3, 0.4) is 0 Å². The van der Waals surface area contributed by atoms with E-state index in [4.69, 9.17) is 5.73 Å². The summed E-state index contributed by atoms with van der Waals surface area (Å²) in [6.07, 6.45) is 4.55. The minimum atomic E-state index is -0.922. The third kappa shape index (κ3) is 2.81. The Morgan fingerprint density at radius 3 is 2.85 bits per heavy atom. The first-order valence-corrected chi connectivity index (χ1v) is 8.82. The van der Waals surface area contributed by atoms with Gasteiger partial charge in [-0.2, -0.15) is 5.10 Å². The lowest BCUT2D eigenvalue weighted by Crippen LogP contribution is -2.27. The SMILES string of the molecule is Cc1ccccc1-c1cc2c(N[C@@H]3CCC[C@@H]3F)c(C(N)=O)cnn2c1. The van der Waals surface area contributed by atoms with Gasteiger partial charge in [-0.25, -0.2) is 8.91 Å². The maximum Gasteiger partial charge on any atom is 0.252 e. The van der Waals surface area contributed by atoms with Crippen molar-refractivity contribution in [2.24, 2.45) is 5.73 Å². The smallest absolute Gasteiger partial charge is 0.252 e. The summed E-state index contributed by atoms with van der Waals surface area (Å²) < 4.78 is 15.8. The highest BCUT2D eigenvalue weighted by Crippen LogP contribution is 2.32. The number of hydrogen-bond donors (Lipinski definition) is 2. The number of fused-ring (bicyclic) bond motifs is 1. The molecule has 4 rings (SSSR count). The predicted octanol–water partition coefficient (Wildman–Crippen LogP) is 3.71. The number of nitrogens with two attached hydrogens (primary N) is 1. The van der Waals surface area contributed by atoms with Gasteiger partial charge in [-0.15, -0.1) is 0 Å². The summed E-state index contributed by atoms with van der Waals surface area (Å²) >= 11 is 0. The van der Waals surface area contributed by atoms with E-state index in [0.717, 1.165) is 35.0 Å². The maximum absolute atomic E-state index is 14.1. The number of amides is 1.